The second-order valence-corrected chi connectivity index (χ2v) is 8.18. The Balaban J connectivity index is 1.65. The minimum absolute atomic E-state index is 0.0984. The van der Waals surface area contributed by atoms with Crippen LogP contribution >= 0.6 is 11.6 Å². The molecule has 8 nitrogen and oxygen atoms in total. The van der Waals surface area contributed by atoms with Gasteiger partial charge in [0.25, 0.3) is 11.5 Å². The molecule has 0 bridgehead atoms. The summed E-state index contributed by atoms with van der Waals surface area (Å²) in [5.41, 5.74) is 0.244. The number of aromatic hydroxyl groups is 1. The van der Waals surface area contributed by atoms with E-state index in [1.807, 2.05) is 6.92 Å². The Morgan fingerprint density at radius 1 is 1.19 bits per heavy atom. The van der Waals surface area contributed by atoms with Crippen molar-refractivity contribution in [1.29, 1.82) is 0 Å². The maximum atomic E-state index is 13.1. The number of hydrogen-bond donors (Lipinski definition) is 2. The highest BCUT2D eigenvalue weighted by atomic mass is 35.5. The second kappa shape index (κ2) is 8.39. The number of nitrogens with zero attached hydrogens (tertiary/aromatic N) is 3. The minimum atomic E-state index is -0.638. The molecule has 0 atom stereocenters. The van der Waals surface area contributed by atoms with Crippen LogP contribution in [0.5, 0.6) is 5.88 Å². The van der Waals surface area contributed by atoms with Crippen molar-refractivity contribution in [3.63, 3.8) is 0 Å². The van der Waals surface area contributed by atoms with Gasteiger partial charge in [0.05, 0.1) is 0 Å². The first-order valence-corrected chi connectivity index (χ1v) is 10.2. The van der Waals surface area contributed by atoms with Crippen LogP contribution in [0.25, 0.3) is 11.0 Å². The summed E-state index contributed by atoms with van der Waals surface area (Å²) in [7, 11) is 0. The number of carbonyl (C=O) groups excluding carboxylic acids is 2. The van der Waals surface area contributed by atoms with Gasteiger partial charge in [-0.2, -0.15) is 4.98 Å². The van der Waals surface area contributed by atoms with Crippen molar-refractivity contribution in [2.75, 3.05) is 13.1 Å². The molecule has 2 amide bonds. The lowest BCUT2D eigenvalue weighted by atomic mass is 10.0. The zero-order valence-electron chi connectivity index (χ0n) is 16.8. The Bertz CT molecular complexity index is 1220. The third-order valence-electron chi connectivity index (χ3n) is 5.24. The van der Waals surface area contributed by atoms with E-state index in [1.54, 1.807) is 35.2 Å². The van der Waals surface area contributed by atoms with E-state index >= 15 is 0 Å². The van der Waals surface area contributed by atoms with E-state index in [-0.39, 0.29) is 36.1 Å². The monoisotopic (exact) mass is 440 g/mol. The molecule has 3 aromatic rings. The Morgan fingerprint density at radius 2 is 1.90 bits per heavy atom. The number of amides is 2. The largest absolute Gasteiger partial charge is 0.493 e. The number of rotatable bonds is 5. The summed E-state index contributed by atoms with van der Waals surface area (Å²) in [6.45, 7) is 3.26. The molecule has 1 aliphatic rings. The van der Waals surface area contributed by atoms with Crippen molar-refractivity contribution in [3.05, 3.63) is 69.0 Å². The van der Waals surface area contributed by atoms with Crippen LogP contribution in [0.4, 0.5) is 0 Å². The quantitative estimate of drug-likeness (QED) is 0.632. The fraction of sp³-hybridized carbons (Fsp3) is 0.273. The molecule has 1 aromatic carbocycles. The summed E-state index contributed by atoms with van der Waals surface area (Å²) < 4.78 is 1.15. The predicted molar refractivity (Wildman–Crippen MR) is 116 cm³/mol. The molecule has 9 heteroatoms. The van der Waals surface area contributed by atoms with Gasteiger partial charge in [-0.15, -0.1) is 0 Å². The molecule has 0 saturated carbocycles. The Morgan fingerprint density at radius 3 is 2.58 bits per heavy atom. The summed E-state index contributed by atoms with van der Waals surface area (Å²) in [6.07, 6.45) is 0. The van der Waals surface area contributed by atoms with Gasteiger partial charge in [-0.3, -0.25) is 19.0 Å². The smallest absolute Gasteiger partial charge is 0.265 e. The second-order valence-electron chi connectivity index (χ2n) is 7.74. The van der Waals surface area contributed by atoms with E-state index in [4.69, 9.17) is 11.6 Å². The van der Waals surface area contributed by atoms with Crippen molar-refractivity contribution < 1.29 is 14.7 Å². The predicted octanol–water partition coefficient (Wildman–Crippen LogP) is 2.16. The number of aromatic nitrogens is 2. The first-order chi connectivity index (χ1) is 14.8. The van der Waals surface area contributed by atoms with E-state index in [0.29, 0.717) is 29.4 Å². The first-order valence-electron chi connectivity index (χ1n) is 9.86. The van der Waals surface area contributed by atoms with Crippen molar-refractivity contribution in [1.82, 2.24) is 19.8 Å². The molecular formula is C22H21ClN4O4. The fourth-order valence-corrected chi connectivity index (χ4v) is 3.69. The zero-order valence-corrected chi connectivity index (χ0v) is 17.6. The van der Waals surface area contributed by atoms with Gasteiger partial charge in [-0.25, -0.2) is 0 Å². The number of benzene rings is 1. The molecule has 2 N–H and O–H groups in total. The fourth-order valence-electron chi connectivity index (χ4n) is 3.56. The molecule has 0 spiro atoms. The number of pyridine rings is 2. The normalized spacial score (nSPS) is 13.8. The van der Waals surface area contributed by atoms with E-state index in [2.05, 4.69) is 10.3 Å². The Labute approximate surface area is 183 Å². The highest BCUT2D eigenvalue weighted by molar-refractivity contribution is 6.30. The molecule has 4 rings (SSSR count). The summed E-state index contributed by atoms with van der Waals surface area (Å²) in [4.78, 5) is 44.2. The number of nitrogens with one attached hydrogen (secondary N) is 1. The van der Waals surface area contributed by atoms with E-state index in [1.165, 1.54) is 12.1 Å². The van der Waals surface area contributed by atoms with Gasteiger partial charge in [-0.05, 0) is 35.7 Å². The number of hydrogen-bond acceptors (Lipinski definition) is 5. The van der Waals surface area contributed by atoms with E-state index < -0.39 is 11.5 Å². The molecule has 1 fully saturated rings. The van der Waals surface area contributed by atoms with Crippen molar-refractivity contribution in [2.24, 2.45) is 5.92 Å². The zero-order chi connectivity index (χ0) is 22.1. The minimum Gasteiger partial charge on any atom is -0.493 e. The lowest BCUT2D eigenvalue weighted by Crippen LogP contribution is -2.50. The van der Waals surface area contributed by atoms with Crippen LogP contribution < -0.4 is 10.9 Å². The van der Waals surface area contributed by atoms with Crippen LogP contribution in [-0.4, -0.2) is 44.5 Å². The molecule has 2 aromatic heterocycles. The molecule has 160 valence electrons. The van der Waals surface area contributed by atoms with Crippen molar-refractivity contribution >= 4 is 34.4 Å². The third kappa shape index (κ3) is 4.39. The van der Waals surface area contributed by atoms with Crippen LogP contribution in [0, 0.1) is 5.92 Å². The van der Waals surface area contributed by atoms with Gasteiger partial charge in [0.15, 0.2) is 0 Å². The first kappa shape index (κ1) is 20.9. The Hall–Kier alpha value is -3.39. The number of carbonyl (C=O) groups is 2. The summed E-state index contributed by atoms with van der Waals surface area (Å²) >= 11 is 5.88. The lowest BCUT2D eigenvalue weighted by molar-refractivity contribution is -0.137. The van der Waals surface area contributed by atoms with Crippen LogP contribution in [0.1, 0.15) is 22.8 Å². The van der Waals surface area contributed by atoms with Crippen LogP contribution in [0.15, 0.2) is 47.3 Å². The topological polar surface area (TPSA) is 105 Å². The highest BCUT2D eigenvalue weighted by Gasteiger charge is 2.28. The number of likely N-dealkylation sites (tertiary alicyclic amines) is 1. The highest BCUT2D eigenvalue weighted by Crippen LogP contribution is 2.18. The van der Waals surface area contributed by atoms with Gasteiger partial charge >= 0.3 is 0 Å². The van der Waals surface area contributed by atoms with Crippen LogP contribution in [0.3, 0.4) is 0 Å². The van der Waals surface area contributed by atoms with Gasteiger partial charge in [0.1, 0.15) is 17.8 Å². The maximum absolute atomic E-state index is 13.1. The van der Waals surface area contributed by atoms with Gasteiger partial charge in [0.2, 0.25) is 11.8 Å². The van der Waals surface area contributed by atoms with Gasteiger partial charge in [-0.1, -0.05) is 30.7 Å². The van der Waals surface area contributed by atoms with Crippen molar-refractivity contribution in [2.45, 2.75) is 20.0 Å². The van der Waals surface area contributed by atoms with E-state index in [0.717, 1.165) is 10.1 Å². The average Bonchev–Trinajstić information content (AvgIpc) is 2.72. The molecule has 0 aliphatic carbocycles. The van der Waals surface area contributed by atoms with Crippen molar-refractivity contribution in [3.8, 4) is 5.88 Å². The maximum Gasteiger partial charge on any atom is 0.265 e. The molecule has 3 heterocycles. The SMILES string of the molecule is CC1CN(C(=O)Cn2c(=O)c(C(=O)NCc3ccc(Cl)cc3)cc3ccc(O)nc32)C1. The molecule has 0 unspecified atom stereocenters. The summed E-state index contributed by atoms with van der Waals surface area (Å²) in [5.74, 6) is -0.644. The number of halogens is 1. The van der Waals surface area contributed by atoms with Gasteiger partial charge in [0, 0.05) is 36.1 Å². The molecule has 0 radical (unpaired) electrons. The molecule has 1 saturated heterocycles. The standard InChI is InChI=1S/C22H21ClN4O4/c1-13-10-26(11-13)19(29)12-27-20-15(4-7-18(28)25-20)8-17(22(27)31)21(30)24-9-14-2-5-16(23)6-3-14/h2-8,13H,9-12H2,1H3,(H,24,30)(H,25,28). The van der Waals surface area contributed by atoms with E-state index in [9.17, 15) is 19.5 Å². The third-order valence-corrected chi connectivity index (χ3v) is 5.49. The number of fused-ring (bicyclic) bond motifs is 1. The Kier molecular flexibility index (Phi) is 5.65. The van der Waals surface area contributed by atoms with Gasteiger partial charge < -0.3 is 15.3 Å². The van der Waals surface area contributed by atoms with Crippen LogP contribution in [-0.2, 0) is 17.9 Å². The average molecular weight is 441 g/mol. The molecule has 1 aliphatic heterocycles. The molecule has 31 heavy (non-hydrogen) atoms. The summed E-state index contributed by atoms with van der Waals surface area (Å²) in [6, 6.07) is 11.3. The lowest BCUT2D eigenvalue weighted by Gasteiger charge is -2.37. The molecular weight excluding hydrogens is 420 g/mol. The van der Waals surface area contributed by atoms with Crippen LogP contribution in [0.2, 0.25) is 5.02 Å². The summed E-state index contributed by atoms with van der Waals surface area (Å²) in [5, 5.41) is 13.6.